The normalized spacial score (nSPS) is 15.9. The highest BCUT2D eigenvalue weighted by Gasteiger charge is 2.45. The van der Waals surface area contributed by atoms with Gasteiger partial charge in [0.2, 0.25) is 5.91 Å². The number of carbonyl (C=O) groups is 2. The van der Waals surface area contributed by atoms with E-state index in [1.807, 2.05) is 65.0 Å². The number of rotatable bonds is 7. The average Bonchev–Trinajstić information content (AvgIpc) is 3.57. The van der Waals surface area contributed by atoms with Crippen molar-refractivity contribution in [1.82, 2.24) is 9.88 Å². The van der Waals surface area contributed by atoms with Gasteiger partial charge in [-0.2, -0.15) is 0 Å². The smallest absolute Gasteiger partial charge is 0.256 e. The van der Waals surface area contributed by atoms with Crippen molar-refractivity contribution in [1.29, 1.82) is 0 Å². The molecule has 4 aromatic rings. The van der Waals surface area contributed by atoms with Gasteiger partial charge in [-0.3, -0.25) is 14.5 Å². The molecule has 34 heavy (non-hydrogen) atoms. The number of thiophene rings is 1. The summed E-state index contributed by atoms with van der Waals surface area (Å²) in [6.07, 6.45) is 1.82. The first kappa shape index (κ1) is 22.1. The van der Waals surface area contributed by atoms with Crippen molar-refractivity contribution in [2.24, 2.45) is 0 Å². The number of methoxy groups -OCH3 is 1. The Balaban J connectivity index is 1.41. The quantitative estimate of drug-likeness (QED) is 0.365. The van der Waals surface area contributed by atoms with E-state index in [9.17, 15) is 9.59 Å². The molecule has 172 valence electrons. The molecule has 9 heteroatoms. The minimum atomic E-state index is -0.728. The van der Waals surface area contributed by atoms with Crippen LogP contribution in [0.25, 0.3) is 10.9 Å². The maximum Gasteiger partial charge on any atom is 0.256 e. The van der Waals surface area contributed by atoms with Gasteiger partial charge in [0, 0.05) is 22.3 Å². The summed E-state index contributed by atoms with van der Waals surface area (Å²) in [6.45, 7) is 0.445. The number of aromatic amines is 1. The number of anilines is 2. The molecule has 0 bridgehead atoms. The van der Waals surface area contributed by atoms with E-state index in [0.717, 1.165) is 15.8 Å². The minimum absolute atomic E-state index is 0.0290. The summed E-state index contributed by atoms with van der Waals surface area (Å²) in [6, 6.07) is 18.1. The third kappa shape index (κ3) is 4.15. The predicted octanol–water partition coefficient (Wildman–Crippen LogP) is 4.77. The minimum Gasteiger partial charge on any atom is -0.495 e. The first-order chi connectivity index (χ1) is 16.5. The van der Waals surface area contributed by atoms with Crippen LogP contribution in [0.2, 0.25) is 0 Å². The Morgan fingerprint density at radius 1 is 1.18 bits per heavy atom. The van der Waals surface area contributed by atoms with E-state index in [1.54, 1.807) is 30.6 Å². The molecule has 0 radical (unpaired) electrons. The summed E-state index contributed by atoms with van der Waals surface area (Å²) < 4.78 is 5.47. The van der Waals surface area contributed by atoms with E-state index in [-0.39, 0.29) is 18.2 Å². The van der Waals surface area contributed by atoms with Crippen LogP contribution in [-0.4, -0.2) is 40.0 Å². The number of aromatic nitrogens is 1. The fourth-order valence-corrected chi connectivity index (χ4v) is 5.22. The average molecular weight is 491 g/mol. The number of thiocarbonyl (C=S) groups is 1. The summed E-state index contributed by atoms with van der Waals surface area (Å²) in [5.41, 5.74) is 2.16. The van der Waals surface area contributed by atoms with Crippen LogP contribution in [0.3, 0.4) is 0 Å². The number of H-pyrrole nitrogens is 1. The largest absolute Gasteiger partial charge is 0.495 e. The molecule has 2 aromatic heterocycles. The van der Waals surface area contributed by atoms with Crippen LogP contribution in [0.4, 0.5) is 11.4 Å². The van der Waals surface area contributed by atoms with E-state index >= 15 is 0 Å². The van der Waals surface area contributed by atoms with Crippen LogP contribution in [0.15, 0.2) is 72.2 Å². The highest BCUT2D eigenvalue weighted by Crippen LogP contribution is 2.35. The van der Waals surface area contributed by atoms with E-state index < -0.39 is 6.04 Å². The Hall–Kier alpha value is -3.69. The third-order valence-electron chi connectivity index (χ3n) is 5.77. The number of para-hydroxylation sites is 2. The number of amides is 2. The monoisotopic (exact) mass is 490 g/mol. The van der Waals surface area contributed by atoms with Crippen LogP contribution in [0.1, 0.15) is 11.3 Å². The first-order valence-corrected chi connectivity index (χ1v) is 12.0. The maximum absolute atomic E-state index is 13.6. The predicted molar refractivity (Wildman–Crippen MR) is 138 cm³/mol. The lowest BCUT2D eigenvalue weighted by Crippen LogP contribution is -2.37. The Kier molecular flexibility index (Phi) is 6.04. The van der Waals surface area contributed by atoms with Crippen molar-refractivity contribution in [2.45, 2.75) is 19.0 Å². The number of hydrogen-bond acceptors (Lipinski definition) is 5. The van der Waals surface area contributed by atoms with E-state index in [2.05, 4.69) is 10.3 Å². The van der Waals surface area contributed by atoms with Crippen LogP contribution in [0, 0.1) is 0 Å². The van der Waals surface area contributed by atoms with Crippen molar-refractivity contribution in [2.75, 3.05) is 17.3 Å². The first-order valence-electron chi connectivity index (χ1n) is 10.7. The van der Waals surface area contributed by atoms with Gasteiger partial charge >= 0.3 is 0 Å². The fourth-order valence-electron chi connectivity index (χ4n) is 4.13. The summed E-state index contributed by atoms with van der Waals surface area (Å²) >= 11 is 7.33. The zero-order chi connectivity index (χ0) is 23.7. The van der Waals surface area contributed by atoms with Crippen molar-refractivity contribution >= 4 is 62.8 Å². The molecule has 1 unspecified atom stereocenters. The molecule has 1 atom stereocenters. The number of carbonyl (C=O) groups excluding carboxylic acids is 2. The highest BCUT2D eigenvalue weighted by atomic mass is 32.1. The molecule has 1 saturated heterocycles. The standard InChI is InChI=1S/C25H22N4O3S2/c1-32-22-7-3-2-6-20(22)29-24(31)21(28(25(29)33)15-18-5-4-12-34-18)14-23(30)27-17-9-8-16-10-11-26-19(16)13-17/h2-13,21,26H,14-15H2,1H3,(H,27,30). The lowest BCUT2D eigenvalue weighted by molar-refractivity contribution is -0.124. The van der Waals surface area contributed by atoms with Gasteiger partial charge in [0.05, 0.1) is 25.8 Å². The Morgan fingerprint density at radius 2 is 2.03 bits per heavy atom. The van der Waals surface area contributed by atoms with Crippen molar-refractivity contribution in [3.05, 3.63) is 77.1 Å². The topological polar surface area (TPSA) is 77.7 Å². The van der Waals surface area contributed by atoms with Crippen LogP contribution < -0.4 is 15.0 Å². The number of ether oxygens (including phenoxy) is 1. The number of nitrogens with one attached hydrogen (secondary N) is 2. The van der Waals surface area contributed by atoms with Crippen molar-refractivity contribution in [3.8, 4) is 5.75 Å². The molecule has 1 aliphatic heterocycles. The van der Waals surface area contributed by atoms with Gasteiger partial charge in [-0.05, 0) is 59.4 Å². The summed E-state index contributed by atoms with van der Waals surface area (Å²) in [4.78, 5) is 34.1. The lowest BCUT2D eigenvalue weighted by Gasteiger charge is -2.23. The second-order valence-corrected chi connectivity index (χ2v) is 9.28. The Bertz CT molecular complexity index is 1370. The van der Waals surface area contributed by atoms with Crippen molar-refractivity contribution < 1.29 is 14.3 Å². The molecule has 0 aliphatic carbocycles. The third-order valence-corrected chi connectivity index (χ3v) is 7.05. The fraction of sp³-hybridized carbons (Fsp3) is 0.160. The Labute approximate surface area is 205 Å². The molecule has 7 nitrogen and oxygen atoms in total. The summed E-state index contributed by atoms with van der Waals surface area (Å²) in [5.74, 6) is 0.0322. The van der Waals surface area contributed by atoms with Gasteiger partial charge in [-0.25, -0.2) is 0 Å². The second-order valence-electron chi connectivity index (χ2n) is 7.88. The maximum atomic E-state index is 13.6. The van der Waals surface area contributed by atoms with Gasteiger partial charge in [0.1, 0.15) is 11.8 Å². The van der Waals surface area contributed by atoms with E-state index in [0.29, 0.717) is 28.8 Å². The van der Waals surface area contributed by atoms with Gasteiger partial charge < -0.3 is 19.9 Å². The van der Waals surface area contributed by atoms with Gasteiger partial charge in [0.25, 0.3) is 5.91 Å². The number of hydrogen-bond donors (Lipinski definition) is 2. The SMILES string of the molecule is COc1ccccc1N1C(=O)C(CC(=O)Nc2ccc3cc[nH]c3c2)N(Cc2cccs2)C1=S. The zero-order valence-corrected chi connectivity index (χ0v) is 20.0. The second kappa shape index (κ2) is 9.28. The Morgan fingerprint density at radius 3 is 2.82 bits per heavy atom. The zero-order valence-electron chi connectivity index (χ0n) is 18.4. The number of fused-ring (bicyclic) bond motifs is 1. The molecule has 0 spiro atoms. The number of nitrogens with zero attached hydrogens (tertiary/aromatic N) is 2. The molecule has 0 saturated carbocycles. The summed E-state index contributed by atoms with van der Waals surface area (Å²) in [5, 5.41) is 6.31. The van der Waals surface area contributed by atoms with Crippen LogP contribution in [-0.2, 0) is 16.1 Å². The molecule has 2 amide bonds. The molecule has 1 aliphatic rings. The molecule has 3 heterocycles. The molecule has 1 fully saturated rings. The van der Waals surface area contributed by atoms with Crippen LogP contribution >= 0.6 is 23.6 Å². The van der Waals surface area contributed by atoms with Crippen LogP contribution in [0.5, 0.6) is 5.75 Å². The van der Waals surface area contributed by atoms with Gasteiger partial charge in [0.15, 0.2) is 5.11 Å². The van der Waals surface area contributed by atoms with Gasteiger partial charge in [-0.15, -0.1) is 11.3 Å². The van der Waals surface area contributed by atoms with E-state index in [1.165, 1.54) is 4.90 Å². The van der Waals surface area contributed by atoms with E-state index in [4.69, 9.17) is 17.0 Å². The highest BCUT2D eigenvalue weighted by molar-refractivity contribution is 7.80. The lowest BCUT2D eigenvalue weighted by atomic mass is 10.1. The van der Waals surface area contributed by atoms with Gasteiger partial charge in [-0.1, -0.05) is 24.3 Å². The van der Waals surface area contributed by atoms with Crippen molar-refractivity contribution in [3.63, 3.8) is 0 Å². The molecule has 2 N–H and O–H groups in total. The molecule has 5 rings (SSSR count). The molecular weight excluding hydrogens is 468 g/mol. The summed E-state index contributed by atoms with van der Waals surface area (Å²) in [7, 11) is 1.55. The molecular formula is C25H22N4O3S2. The molecule has 2 aromatic carbocycles. The number of benzene rings is 2.